The number of nitrogens with one attached hydrogen (secondary N) is 1. The molecule has 6 heterocycles. The van der Waals surface area contributed by atoms with Gasteiger partial charge in [-0.2, -0.15) is 0 Å². The minimum absolute atomic E-state index is 0.0918. The number of cyclic esters (lactones) is 1. The van der Waals surface area contributed by atoms with Crippen LogP contribution in [-0.4, -0.2) is 68.3 Å². The maximum absolute atomic E-state index is 13.6. The Morgan fingerprint density at radius 1 is 1.22 bits per heavy atom. The number of nitrogens with zero attached hydrogens (tertiary/aromatic N) is 3. The van der Waals surface area contributed by atoms with Gasteiger partial charge in [-0.05, 0) is 42.7 Å². The van der Waals surface area contributed by atoms with Gasteiger partial charge in [-0.15, -0.1) is 0 Å². The van der Waals surface area contributed by atoms with Crippen LogP contribution in [0.3, 0.4) is 0 Å². The van der Waals surface area contributed by atoms with Crippen LogP contribution < -0.4 is 15.6 Å². The first-order valence-corrected chi connectivity index (χ1v) is 16.4. The second-order valence-electron chi connectivity index (χ2n) is 10.8. The quantitative estimate of drug-likeness (QED) is 0.270. The molecule has 0 aliphatic carbocycles. The Morgan fingerprint density at radius 3 is 2.85 bits per heavy atom. The van der Waals surface area contributed by atoms with E-state index in [1.54, 1.807) is 34.4 Å². The second-order valence-corrected chi connectivity index (χ2v) is 13.4. The summed E-state index contributed by atoms with van der Waals surface area (Å²) >= 11 is 0. The van der Waals surface area contributed by atoms with Crippen LogP contribution in [0.25, 0.3) is 22.3 Å². The van der Waals surface area contributed by atoms with Gasteiger partial charge in [0.15, 0.2) is 5.60 Å². The molecule has 0 saturated carbocycles. The molecule has 12 heteroatoms. The third-order valence-electron chi connectivity index (χ3n) is 8.76. The lowest BCUT2D eigenvalue weighted by Gasteiger charge is -2.43. The zero-order valence-electron chi connectivity index (χ0n) is 22.8. The van der Waals surface area contributed by atoms with Gasteiger partial charge in [0.1, 0.15) is 12.4 Å². The number of carbonyl (C=O) groups is 2. The molecule has 41 heavy (non-hydrogen) atoms. The van der Waals surface area contributed by atoms with E-state index in [-0.39, 0.29) is 36.8 Å². The molecule has 1 amide bonds. The van der Waals surface area contributed by atoms with Crippen molar-refractivity contribution in [2.24, 2.45) is 0 Å². The number of carbonyl (C=O) groups excluding carboxylic acids is 2. The Balaban J connectivity index is 1.26. The summed E-state index contributed by atoms with van der Waals surface area (Å²) < 4.78 is 12.7. The van der Waals surface area contributed by atoms with Crippen LogP contribution in [0.2, 0.25) is 0 Å². The van der Waals surface area contributed by atoms with Crippen LogP contribution in [0.5, 0.6) is 5.75 Å². The van der Waals surface area contributed by atoms with Crippen LogP contribution in [0.15, 0.2) is 29.1 Å². The third kappa shape index (κ3) is 4.10. The standard InChI is InChI=1S/C29H30N4O6S2/c1-3-16-17-9-15(39-28(36)32-8-7-30-22-13-40-41-14-24(22)32)5-6-21(17)31-25-18(16)11-33-23(25)10-20-19(26(33)34)12-38-27(35)29(20,37)4-2/h5-6,9-10,22,24,30,37H,3-4,7-8,11-14H2,1-2H3/t22-,24-,29-/m0/s1. The number of pyridine rings is 2. The SMILES string of the molecule is CCc1c2c(nc3ccc(OC(=O)N4CCN[C@H]5CSSC[C@@H]54)cc13)-c1cc3c(c(=O)n1C2)COC(=O)[C@]3(O)CC. The van der Waals surface area contributed by atoms with Crippen molar-refractivity contribution in [1.82, 2.24) is 19.8 Å². The number of fused-ring (bicyclic) bond motifs is 6. The molecule has 2 fully saturated rings. The zero-order chi connectivity index (χ0) is 28.5. The van der Waals surface area contributed by atoms with Crippen molar-refractivity contribution in [3.8, 4) is 17.1 Å². The van der Waals surface area contributed by atoms with Gasteiger partial charge in [0.25, 0.3) is 5.56 Å². The molecule has 4 aliphatic heterocycles. The predicted molar refractivity (Wildman–Crippen MR) is 157 cm³/mol. The van der Waals surface area contributed by atoms with E-state index in [2.05, 4.69) is 5.32 Å². The zero-order valence-corrected chi connectivity index (χ0v) is 24.4. The van der Waals surface area contributed by atoms with E-state index in [0.29, 0.717) is 53.3 Å². The summed E-state index contributed by atoms with van der Waals surface area (Å²) in [5.74, 6) is 1.54. The van der Waals surface area contributed by atoms with Gasteiger partial charge in [-0.1, -0.05) is 35.4 Å². The van der Waals surface area contributed by atoms with E-state index in [1.165, 1.54) is 0 Å². The van der Waals surface area contributed by atoms with Gasteiger partial charge in [0.2, 0.25) is 0 Å². The van der Waals surface area contributed by atoms with Crippen molar-refractivity contribution in [2.45, 2.75) is 57.5 Å². The first-order chi connectivity index (χ1) is 19.8. The first kappa shape index (κ1) is 26.8. The van der Waals surface area contributed by atoms with Crippen LogP contribution in [-0.2, 0) is 34.7 Å². The molecule has 3 aromatic rings. The lowest BCUT2D eigenvalue weighted by Crippen LogP contribution is -2.62. The monoisotopic (exact) mass is 594 g/mol. The van der Waals surface area contributed by atoms with Crippen LogP contribution in [0.1, 0.15) is 42.5 Å². The van der Waals surface area contributed by atoms with Crippen molar-refractivity contribution in [3.05, 3.63) is 56.9 Å². The molecule has 7 rings (SSSR count). The Morgan fingerprint density at radius 2 is 2.05 bits per heavy atom. The molecule has 3 atom stereocenters. The number of piperazine rings is 1. The number of benzene rings is 1. The predicted octanol–water partition coefficient (Wildman–Crippen LogP) is 3.18. The van der Waals surface area contributed by atoms with Crippen LogP contribution in [0.4, 0.5) is 4.79 Å². The molecular weight excluding hydrogens is 564 g/mol. The summed E-state index contributed by atoms with van der Waals surface area (Å²) in [6, 6.07) is 7.56. The highest BCUT2D eigenvalue weighted by Gasteiger charge is 2.45. The smallest absolute Gasteiger partial charge is 0.415 e. The lowest BCUT2D eigenvalue weighted by molar-refractivity contribution is -0.172. The highest BCUT2D eigenvalue weighted by atomic mass is 33.1. The summed E-state index contributed by atoms with van der Waals surface area (Å²) in [6.45, 7) is 5.25. The Bertz CT molecular complexity index is 1670. The normalized spacial score (nSPS) is 24.8. The van der Waals surface area contributed by atoms with E-state index in [1.807, 2.05) is 34.8 Å². The number of ether oxygens (including phenoxy) is 2. The Labute approximate surface area is 244 Å². The van der Waals surface area contributed by atoms with E-state index in [0.717, 1.165) is 34.6 Å². The largest absolute Gasteiger partial charge is 0.458 e. The molecule has 1 aromatic carbocycles. The molecule has 10 nitrogen and oxygen atoms in total. The average molecular weight is 595 g/mol. The number of amides is 1. The topological polar surface area (TPSA) is 123 Å². The number of hydrogen-bond acceptors (Lipinski definition) is 10. The minimum Gasteiger partial charge on any atom is -0.458 e. The molecule has 214 valence electrons. The van der Waals surface area contributed by atoms with E-state index >= 15 is 0 Å². The van der Waals surface area contributed by atoms with Crippen molar-refractivity contribution in [2.75, 3.05) is 24.6 Å². The summed E-state index contributed by atoms with van der Waals surface area (Å²) in [5.41, 5.74) is 2.33. The van der Waals surface area contributed by atoms with Crippen molar-refractivity contribution in [1.29, 1.82) is 0 Å². The molecule has 0 bridgehead atoms. The molecule has 0 spiro atoms. The number of esters is 1. The van der Waals surface area contributed by atoms with Crippen molar-refractivity contribution in [3.63, 3.8) is 0 Å². The van der Waals surface area contributed by atoms with Gasteiger partial charge in [-0.25, -0.2) is 14.6 Å². The maximum atomic E-state index is 13.6. The first-order valence-electron chi connectivity index (χ1n) is 13.9. The van der Waals surface area contributed by atoms with Crippen LogP contribution >= 0.6 is 21.6 Å². The van der Waals surface area contributed by atoms with Gasteiger partial charge in [0.05, 0.1) is 35.1 Å². The summed E-state index contributed by atoms with van der Waals surface area (Å²) in [5, 5.41) is 15.5. The molecule has 0 radical (unpaired) electrons. The number of aliphatic hydroxyl groups is 1. The number of aromatic nitrogens is 2. The van der Waals surface area contributed by atoms with Gasteiger partial charge in [-0.3, -0.25) is 4.79 Å². The Kier molecular flexibility index (Phi) is 6.57. The Hall–Kier alpha value is -3.06. The molecule has 2 aromatic heterocycles. The third-order valence-corrected chi connectivity index (χ3v) is 11.2. The fourth-order valence-corrected chi connectivity index (χ4v) is 9.17. The highest BCUT2D eigenvalue weighted by molar-refractivity contribution is 8.76. The number of rotatable bonds is 3. The molecular formula is C29H30N4O6S2. The molecule has 2 saturated heterocycles. The van der Waals surface area contributed by atoms with E-state index < -0.39 is 11.6 Å². The molecule has 4 aliphatic rings. The van der Waals surface area contributed by atoms with Crippen molar-refractivity contribution >= 4 is 44.6 Å². The lowest BCUT2D eigenvalue weighted by atomic mass is 9.86. The number of hydrogen-bond donors (Lipinski definition) is 2. The minimum atomic E-state index is -1.87. The fraction of sp³-hybridized carbons (Fsp3) is 0.448. The van der Waals surface area contributed by atoms with E-state index in [4.69, 9.17) is 14.5 Å². The fourth-order valence-electron chi connectivity index (χ4n) is 6.50. The molecule has 0 unspecified atom stereocenters. The number of aryl methyl sites for hydroxylation is 1. The van der Waals surface area contributed by atoms with Crippen LogP contribution in [0, 0.1) is 0 Å². The van der Waals surface area contributed by atoms with E-state index in [9.17, 15) is 19.5 Å². The highest BCUT2D eigenvalue weighted by Crippen LogP contribution is 2.41. The maximum Gasteiger partial charge on any atom is 0.415 e. The van der Waals surface area contributed by atoms with Crippen molar-refractivity contribution < 1.29 is 24.2 Å². The summed E-state index contributed by atoms with van der Waals surface area (Å²) in [6.07, 6.45) is 0.428. The van der Waals surface area contributed by atoms with Gasteiger partial charge >= 0.3 is 12.1 Å². The van der Waals surface area contributed by atoms with Gasteiger partial charge < -0.3 is 29.4 Å². The second kappa shape index (κ2) is 10.0. The summed E-state index contributed by atoms with van der Waals surface area (Å²) in [7, 11) is 3.62. The summed E-state index contributed by atoms with van der Waals surface area (Å²) in [4.78, 5) is 46.1. The molecule has 2 N–H and O–H groups in total. The van der Waals surface area contributed by atoms with Gasteiger partial charge in [0, 0.05) is 47.2 Å². The average Bonchev–Trinajstić information content (AvgIpc) is 3.36.